The molecule has 0 heterocycles. The van der Waals surface area contributed by atoms with Crippen molar-refractivity contribution in [3.8, 4) is 0 Å². The number of allylic oxidation sites excluding steroid dienone is 3. The zero-order chi connectivity index (χ0) is 23.9. The molecular formula is C29H48O3. The molecule has 3 N–H and O–H groups in total. The third kappa shape index (κ3) is 4.95. The van der Waals surface area contributed by atoms with E-state index in [4.69, 9.17) is 0 Å². The van der Waals surface area contributed by atoms with Gasteiger partial charge in [0, 0.05) is 0 Å². The van der Waals surface area contributed by atoms with Gasteiger partial charge in [-0.15, -0.1) is 0 Å². The van der Waals surface area contributed by atoms with Crippen LogP contribution in [0.15, 0.2) is 35.5 Å². The average molecular weight is 445 g/mol. The SMILES string of the molecule is C=C1[C@H](O)CC(=C/C=C2\CCC[C@@]3(C)C2CC[C@@]3(C)[C@@H](C)[C@@H](C)CCC(C)(C)O)C[C@H]1O. The van der Waals surface area contributed by atoms with Crippen LogP contribution in [0.3, 0.4) is 0 Å². The summed E-state index contributed by atoms with van der Waals surface area (Å²) >= 11 is 0. The summed E-state index contributed by atoms with van der Waals surface area (Å²) in [5.41, 5.74) is 3.28. The lowest BCUT2D eigenvalue weighted by atomic mass is 9.52. The molecule has 0 spiro atoms. The van der Waals surface area contributed by atoms with Crippen molar-refractivity contribution in [3.05, 3.63) is 35.5 Å². The number of aliphatic hydroxyl groups excluding tert-OH is 2. The van der Waals surface area contributed by atoms with E-state index in [9.17, 15) is 15.3 Å². The summed E-state index contributed by atoms with van der Waals surface area (Å²) < 4.78 is 0. The average Bonchev–Trinajstić information content (AvgIpc) is 2.99. The molecule has 1 unspecified atom stereocenters. The summed E-state index contributed by atoms with van der Waals surface area (Å²) in [6, 6.07) is 0. The topological polar surface area (TPSA) is 60.7 Å². The van der Waals surface area contributed by atoms with Crippen molar-refractivity contribution in [1.29, 1.82) is 0 Å². The Morgan fingerprint density at radius 2 is 1.72 bits per heavy atom. The lowest BCUT2D eigenvalue weighted by molar-refractivity contribution is -0.0210. The Balaban J connectivity index is 1.77. The number of fused-ring (bicyclic) bond motifs is 1. The predicted octanol–water partition coefficient (Wildman–Crippen LogP) is 6.34. The van der Waals surface area contributed by atoms with E-state index in [0.29, 0.717) is 47.0 Å². The lowest BCUT2D eigenvalue weighted by Crippen LogP contribution is -2.45. The molecule has 7 atom stereocenters. The summed E-state index contributed by atoms with van der Waals surface area (Å²) in [7, 11) is 0. The van der Waals surface area contributed by atoms with E-state index in [2.05, 4.69) is 46.4 Å². The van der Waals surface area contributed by atoms with Crippen molar-refractivity contribution in [3.63, 3.8) is 0 Å². The maximum atomic E-state index is 10.2. The molecule has 3 nitrogen and oxygen atoms in total. The Kier molecular flexibility index (Phi) is 7.55. The number of aliphatic hydroxyl groups is 3. The molecule has 0 aromatic carbocycles. The molecule has 0 aromatic rings. The first kappa shape index (κ1) is 25.7. The lowest BCUT2D eigenvalue weighted by Gasteiger charge is -2.52. The van der Waals surface area contributed by atoms with Crippen LogP contribution in [-0.4, -0.2) is 33.1 Å². The molecule has 3 fully saturated rings. The molecule has 0 aromatic heterocycles. The second kappa shape index (κ2) is 9.39. The van der Waals surface area contributed by atoms with Gasteiger partial charge < -0.3 is 15.3 Å². The molecule has 3 aliphatic carbocycles. The van der Waals surface area contributed by atoms with Crippen molar-refractivity contribution in [2.24, 2.45) is 28.6 Å². The fraction of sp³-hybridized carbons (Fsp3) is 0.793. The van der Waals surface area contributed by atoms with Crippen molar-refractivity contribution in [2.75, 3.05) is 0 Å². The van der Waals surface area contributed by atoms with Gasteiger partial charge in [0.1, 0.15) is 0 Å². The minimum Gasteiger partial charge on any atom is -0.390 e. The first-order chi connectivity index (χ1) is 14.8. The Hall–Kier alpha value is -0.900. The van der Waals surface area contributed by atoms with Gasteiger partial charge in [-0.3, -0.25) is 0 Å². The monoisotopic (exact) mass is 444 g/mol. The van der Waals surface area contributed by atoms with Crippen molar-refractivity contribution in [2.45, 2.75) is 117 Å². The first-order valence-corrected chi connectivity index (χ1v) is 12.9. The highest BCUT2D eigenvalue weighted by Gasteiger charge is 2.58. The van der Waals surface area contributed by atoms with E-state index in [-0.39, 0.29) is 0 Å². The summed E-state index contributed by atoms with van der Waals surface area (Å²) in [5, 5.41) is 30.6. The molecule has 0 bridgehead atoms. The zero-order valence-corrected chi connectivity index (χ0v) is 21.5. The summed E-state index contributed by atoms with van der Waals surface area (Å²) in [6.45, 7) is 17.6. The fourth-order valence-electron chi connectivity index (χ4n) is 7.17. The second-order valence-corrected chi connectivity index (χ2v) is 12.5. The molecule has 0 amide bonds. The molecule has 3 saturated carbocycles. The summed E-state index contributed by atoms with van der Waals surface area (Å²) in [4.78, 5) is 0. The van der Waals surface area contributed by atoms with Gasteiger partial charge in [0.15, 0.2) is 0 Å². The molecule has 0 radical (unpaired) electrons. The Bertz CT molecular complexity index is 741. The number of hydrogen-bond acceptors (Lipinski definition) is 3. The third-order valence-corrected chi connectivity index (χ3v) is 10.0. The van der Waals surface area contributed by atoms with Gasteiger partial charge in [0.25, 0.3) is 0 Å². The van der Waals surface area contributed by atoms with E-state index < -0.39 is 17.8 Å². The van der Waals surface area contributed by atoms with Crippen LogP contribution in [0.2, 0.25) is 0 Å². The summed E-state index contributed by atoms with van der Waals surface area (Å²) in [5.74, 6) is 1.83. The normalized spacial score (nSPS) is 39.2. The Morgan fingerprint density at radius 1 is 1.09 bits per heavy atom. The van der Waals surface area contributed by atoms with Gasteiger partial charge in [-0.2, -0.15) is 0 Å². The van der Waals surface area contributed by atoms with Crippen molar-refractivity contribution < 1.29 is 15.3 Å². The van der Waals surface area contributed by atoms with E-state index >= 15 is 0 Å². The minimum absolute atomic E-state index is 0.303. The standard InChI is InChI=1S/C29H48O3/c1-19(12-15-27(4,5)32)21(3)28(6)16-13-24-23(9-8-14-29(24,28)7)11-10-22-17-25(30)20(2)26(31)18-22/h10-11,19,21,24-26,30-32H,2,8-9,12-18H2,1,3-7H3/b23-11+/t19-,21-,24?,25+,26+,28-,29-/m0/s1. The number of rotatable bonds is 6. The first-order valence-electron chi connectivity index (χ1n) is 12.9. The second-order valence-electron chi connectivity index (χ2n) is 12.5. The van der Waals surface area contributed by atoms with E-state index in [0.717, 1.165) is 18.4 Å². The van der Waals surface area contributed by atoms with Crippen molar-refractivity contribution >= 4 is 0 Å². The molecule has 0 aliphatic heterocycles. The Morgan fingerprint density at radius 3 is 2.31 bits per heavy atom. The van der Waals surface area contributed by atoms with E-state index in [1.165, 1.54) is 32.1 Å². The molecular weight excluding hydrogens is 396 g/mol. The van der Waals surface area contributed by atoms with Gasteiger partial charge >= 0.3 is 0 Å². The molecule has 3 heteroatoms. The van der Waals surface area contributed by atoms with Crippen LogP contribution in [0.5, 0.6) is 0 Å². The Labute approximate surface area is 196 Å². The minimum atomic E-state index is -0.624. The van der Waals surface area contributed by atoms with Gasteiger partial charge in [0.2, 0.25) is 0 Å². The van der Waals surface area contributed by atoms with Crippen LogP contribution in [0.4, 0.5) is 0 Å². The van der Waals surface area contributed by atoms with Gasteiger partial charge in [-0.05, 0) is 106 Å². The molecule has 3 aliphatic rings. The van der Waals surface area contributed by atoms with Crippen LogP contribution < -0.4 is 0 Å². The van der Waals surface area contributed by atoms with Gasteiger partial charge in [-0.25, -0.2) is 0 Å². The van der Waals surface area contributed by atoms with E-state index in [1.807, 2.05) is 13.8 Å². The molecule has 182 valence electrons. The highest BCUT2D eigenvalue weighted by molar-refractivity contribution is 5.30. The van der Waals surface area contributed by atoms with Crippen LogP contribution in [0.25, 0.3) is 0 Å². The summed E-state index contributed by atoms with van der Waals surface area (Å²) in [6.07, 6.45) is 12.6. The quantitative estimate of drug-likeness (QED) is 0.419. The zero-order valence-electron chi connectivity index (χ0n) is 21.5. The van der Waals surface area contributed by atoms with Crippen molar-refractivity contribution in [1.82, 2.24) is 0 Å². The molecule has 0 saturated heterocycles. The highest BCUT2D eigenvalue weighted by atomic mass is 16.3. The maximum Gasteiger partial charge on any atom is 0.0809 e. The van der Waals surface area contributed by atoms with E-state index in [1.54, 1.807) is 5.57 Å². The molecule has 3 rings (SSSR count). The largest absolute Gasteiger partial charge is 0.390 e. The number of hydrogen-bond donors (Lipinski definition) is 3. The smallest absolute Gasteiger partial charge is 0.0809 e. The van der Waals surface area contributed by atoms with Crippen LogP contribution in [-0.2, 0) is 0 Å². The highest BCUT2D eigenvalue weighted by Crippen LogP contribution is 2.67. The fourth-order valence-corrected chi connectivity index (χ4v) is 7.17. The van der Waals surface area contributed by atoms with Gasteiger partial charge in [-0.1, -0.05) is 57.6 Å². The van der Waals surface area contributed by atoms with Crippen LogP contribution >= 0.6 is 0 Å². The predicted molar refractivity (Wildman–Crippen MR) is 133 cm³/mol. The van der Waals surface area contributed by atoms with Crippen LogP contribution in [0.1, 0.15) is 99.3 Å². The van der Waals surface area contributed by atoms with Gasteiger partial charge in [0.05, 0.1) is 17.8 Å². The van der Waals surface area contributed by atoms with Crippen LogP contribution in [0, 0.1) is 28.6 Å². The third-order valence-electron chi connectivity index (χ3n) is 10.0. The maximum absolute atomic E-state index is 10.2. The molecule has 32 heavy (non-hydrogen) atoms.